The van der Waals surface area contributed by atoms with E-state index >= 15 is 0 Å². The zero-order valence-electron chi connectivity index (χ0n) is 11.8. The molecule has 6 heteroatoms. The molecule has 116 valence electrons. The maximum Gasteiger partial charge on any atom is 0.346 e. The molecular formula is C17H11Cl2NO3. The molecule has 0 fully saturated rings. The molecule has 1 N–H and O–H groups in total. The topological polar surface area (TPSA) is 70.3 Å². The van der Waals surface area contributed by atoms with E-state index in [2.05, 4.69) is 0 Å². The second-order valence-electron chi connectivity index (χ2n) is 4.57. The molecule has 0 atom stereocenters. The average molecular weight is 348 g/mol. The number of nitrogens with zero attached hydrogens (tertiary/aromatic N) is 1. The summed E-state index contributed by atoms with van der Waals surface area (Å²) in [6.07, 6.45) is 1.28. The summed E-state index contributed by atoms with van der Waals surface area (Å²) in [5.74, 6) is -0.737. The summed E-state index contributed by atoms with van der Waals surface area (Å²) >= 11 is 11.9. The minimum absolute atomic E-state index is 0.243. The lowest BCUT2D eigenvalue weighted by molar-refractivity contribution is -0.132. The van der Waals surface area contributed by atoms with Crippen LogP contribution in [0.5, 0.6) is 5.75 Å². The van der Waals surface area contributed by atoms with Gasteiger partial charge in [-0.05, 0) is 35.9 Å². The molecule has 23 heavy (non-hydrogen) atoms. The van der Waals surface area contributed by atoms with Gasteiger partial charge in [-0.15, -0.1) is 0 Å². The summed E-state index contributed by atoms with van der Waals surface area (Å²) in [5, 5.41) is 18.7. The third-order valence-corrected chi connectivity index (χ3v) is 3.52. The summed E-state index contributed by atoms with van der Waals surface area (Å²) in [6.45, 7) is 0.243. The summed E-state index contributed by atoms with van der Waals surface area (Å²) in [7, 11) is 0. The molecule has 0 bridgehead atoms. The molecule has 0 radical (unpaired) electrons. The molecule has 0 amide bonds. The molecule has 4 nitrogen and oxygen atoms in total. The van der Waals surface area contributed by atoms with Crippen molar-refractivity contribution in [3.63, 3.8) is 0 Å². The van der Waals surface area contributed by atoms with Gasteiger partial charge in [0.1, 0.15) is 24.0 Å². The molecule has 2 aromatic rings. The Morgan fingerprint density at radius 1 is 1.26 bits per heavy atom. The summed E-state index contributed by atoms with van der Waals surface area (Å²) < 4.78 is 5.64. The Balaban J connectivity index is 2.14. The van der Waals surface area contributed by atoms with Crippen molar-refractivity contribution in [2.45, 2.75) is 6.61 Å². The van der Waals surface area contributed by atoms with E-state index in [0.29, 0.717) is 21.4 Å². The van der Waals surface area contributed by atoms with E-state index in [1.54, 1.807) is 48.5 Å². The quantitative estimate of drug-likeness (QED) is 0.635. The van der Waals surface area contributed by atoms with Crippen molar-refractivity contribution in [3.8, 4) is 11.8 Å². The van der Waals surface area contributed by atoms with E-state index in [0.717, 1.165) is 5.56 Å². The number of hydrogen-bond acceptors (Lipinski definition) is 3. The zero-order chi connectivity index (χ0) is 16.8. The first-order valence-electron chi connectivity index (χ1n) is 6.51. The monoisotopic (exact) mass is 347 g/mol. The van der Waals surface area contributed by atoms with Crippen LogP contribution in [0.4, 0.5) is 0 Å². The number of nitriles is 1. The molecule has 0 saturated carbocycles. The highest BCUT2D eigenvalue weighted by Gasteiger charge is 2.07. The van der Waals surface area contributed by atoms with Gasteiger partial charge in [-0.3, -0.25) is 0 Å². The summed E-state index contributed by atoms with van der Waals surface area (Å²) in [5.41, 5.74) is 0.992. The largest absolute Gasteiger partial charge is 0.489 e. The van der Waals surface area contributed by atoms with Crippen LogP contribution in [0.1, 0.15) is 11.1 Å². The summed E-state index contributed by atoms with van der Waals surface area (Å²) in [4.78, 5) is 10.8. The first kappa shape index (κ1) is 16.9. The molecule has 0 unspecified atom stereocenters. The smallest absolute Gasteiger partial charge is 0.346 e. The van der Waals surface area contributed by atoms with Gasteiger partial charge in [0.15, 0.2) is 0 Å². The molecule has 0 aliphatic rings. The Bertz CT molecular complexity index is 810. The highest BCUT2D eigenvalue weighted by molar-refractivity contribution is 6.35. The third kappa shape index (κ3) is 4.75. The van der Waals surface area contributed by atoms with Gasteiger partial charge < -0.3 is 9.84 Å². The van der Waals surface area contributed by atoms with Crippen LogP contribution >= 0.6 is 23.2 Å². The van der Waals surface area contributed by atoms with Crippen molar-refractivity contribution in [1.82, 2.24) is 0 Å². The van der Waals surface area contributed by atoms with Gasteiger partial charge in [0.2, 0.25) is 0 Å². The lowest BCUT2D eigenvalue weighted by Gasteiger charge is -2.08. The second kappa shape index (κ2) is 7.68. The lowest BCUT2D eigenvalue weighted by Crippen LogP contribution is -1.98. The summed E-state index contributed by atoms with van der Waals surface area (Å²) in [6, 6.07) is 13.5. The Morgan fingerprint density at radius 3 is 2.70 bits per heavy atom. The van der Waals surface area contributed by atoms with Crippen LogP contribution < -0.4 is 4.74 Å². The fourth-order valence-electron chi connectivity index (χ4n) is 1.80. The van der Waals surface area contributed by atoms with Gasteiger partial charge in [-0.25, -0.2) is 4.79 Å². The van der Waals surface area contributed by atoms with E-state index < -0.39 is 5.97 Å². The molecule has 0 spiro atoms. The number of carboxylic acid groups (broad SMARTS) is 1. The standard InChI is InChI=1S/C17H11Cl2NO3/c18-14-5-4-12(16(19)8-14)10-23-15-3-1-2-11(7-15)6-13(9-20)17(21)22/h1-8H,10H2,(H,21,22). The molecule has 2 aromatic carbocycles. The minimum atomic E-state index is -1.27. The maximum atomic E-state index is 10.8. The minimum Gasteiger partial charge on any atom is -0.489 e. The zero-order valence-corrected chi connectivity index (χ0v) is 13.3. The number of hydrogen-bond donors (Lipinski definition) is 1. The van der Waals surface area contributed by atoms with E-state index in [9.17, 15) is 4.79 Å². The van der Waals surface area contributed by atoms with E-state index in [1.165, 1.54) is 6.08 Å². The Labute approximate surface area is 143 Å². The normalized spacial score (nSPS) is 10.9. The van der Waals surface area contributed by atoms with Crippen LogP contribution in [0, 0.1) is 11.3 Å². The van der Waals surface area contributed by atoms with Crippen molar-refractivity contribution in [2.24, 2.45) is 0 Å². The van der Waals surface area contributed by atoms with E-state index in [4.69, 9.17) is 38.3 Å². The first-order valence-corrected chi connectivity index (χ1v) is 7.27. The Hall–Kier alpha value is -2.48. The van der Waals surface area contributed by atoms with Crippen LogP contribution in [-0.2, 0) is 11.4 Å². The number of aliphatic carboxylic acids is 1. The molecule has 0 aliphatic carbocycles. The molecular weight excluding hydrogens is 337 g/mol. The number of ether oxygens (including phenoxy) is 1. The van der Waals surface area contributed by atoms with Crippen molar-refractivity contribution in [3.05, 3.63) is 69.2 Å². The fourth-order valence-corrected chi connectivity index (χ4v) is 2.27. The number of benzene rings is 2. The number of halogens is 2. The molecule has 0 aliphatic heterocycles. The van der Waals surface area contributed by atoms with Crippen molar-refractivity contribution in [1.29, 1.82) is 5.26 Å². The highest BCUT2D eigenvalue weighted by Crippen LogP contribution is 2.23. The second-order valence-corrected chi connectivity index (χ2v) is 5.42. The Kier molecular flexibility index (Phi) is 5.64. The SMILES string of the molecule is N#CC(=Cc1cccc(OCc2ccc(Cl)cc2Cl)c1)C(=O)O. The first-order chi connectivity index (χ1) is 11.0. The highest BCUT2D eigenvalue weighted by atomic mass is 35.5. The van der Waals surface area contributed by atoms with Crippen molar-refractivity contribution in [2.75, 3.05) is 0 Å². The number of carbonyl (C=O) groups is 1. The van der Waals surface area contributed by atoms with Crippen LogP contribution in [0.25, 0.3) is 6.08 Å². The van der Waals surface area contributed by atoms with Gasteiger partial charge in [-0.1, -0.05) is 41.4 Å². The lowest BCUT2D eigenvalue weighted by atomic mass is 10.1. The molecule has 0 heterocycles. The maximum absolute atomic E-state index is 10.8. The van der Waals surface area contributed by atoms with Crippen LogP contribution in [0.3, 0.4) is 0 Å². The van der Waals surface area contributed by atoms with Crippen LogP contribution in [-0.4, -0.2) is 11.1 Å². The Morgan fingerprint density at radius 2 is 2.04 bits per heavy atom. The fraction of sp³-hybridized carbons (Fsp3) is 0.0588. The van der Waals surface area contributed by atoms with Crippen LogP contribution in [0.2, 0.25) is 10.0 Å². The van der Waals surface area contributed by atoms with Gasteiger partial charge in [0, 0.05) is 15.6 Å². The molecule has 0 aromatic heterocycles. The number of rotatable bonds is 5. The molecule has 2 rings (SSSR count). The van der Waals surface area contributed by atoms with E-state index in [1.807, 2.05) is 0 Å². The number of carboxylic acids is 1. The van der Waals surface area contributed by atoms with Gasteiger partial charge in [-0.2, -0.15) is 5.26 Å². The molecule has 0 saturated heterocycles. The van der Waals surface area contributed by atoms with Gasteiger partial charge >= 0.3 is 5.97 Å². The van der Waals surface area contributed by atoms with Crippen molar-refractivity contribution >= 4 is 35.2 Å². The van der Waals surface area contributed by atoms with Crippen molar-refractivity contribution < 1.29 is 14.6 Å². The van der Waals surface area contributed by atoms with Crippen LogP contribution in [0.15, 0.2) is 48.0 Å². The van der Waals surface area contributed by atoms with E-state index in [-0.39, 0.29) is 12.2 Å². The third-order valence-electron chi connectivity index (χ3n) is 2.93. The van der Waals surface area contributed by atoms with Gasteiger partial charge in [0.05, 0.1) is 0 Å². The predicted molar refractivity (Wildman–Crippen MR) is 88.5 cm³/mol. The average Bonchev–Trinajstić information content (AvgIpc) is 2.52. The van der Waals surface area contributed by atoms with Gasteiger partial charge in [0.25, 0.3) is 0 Å². The predicted octanol–water partition coefficient (Wildman–Crippen LogP) is 4.56.